The fraction of sp³-hybridized carbons (Fsp3) is 0.556. The molecule has 0 spiro atoms. The van der Waals surface area contributed by atoms with E-state index in [1.807, 2.05) is 11.7 Å². The Morgan fingerprint density at radius 2 is 2.62 bits per heavy atom. The number of carboxylic acids is 1. The normalized spacial score (nSPS) is 20.2. The van der Waals surface area contributed by atoms with Crippen molar-refractivity contribution in [2.75, 3.05) is 0 Å². The van der Waals surface area contributed by atoms with Gasteiger partial charge in [-0.15, -0.1) is 0 Å². The van der Waals surface area contributed by atoms with E-state index >= 15 is 0 Å². The van der Waals surface area contributed by atoms with Gasteiger partial charge >= 0.3 is 5.97 Å². The zero-order valence-corrected chi connectivity index (χ0v) is 7.53. The molecule has 1 N–H and O–H groups in total. The molecular weight excluding hydrogens is 168 g/mol. The average molecular weight is 180 g/mol. The van der Waals surface area contributed by atoms with Crippen LogP contribution in [0.5, 0.6) is 0 Å². The van der Waals surface area contributed by atoms with Crippen LogP contribution < -0.4 is 0 Å². The van der Waals surface area contributed by atoms with E-state index in [-0.39, 0.29) is 12.3 Å². The van der Waals surface area contributed by atoms with Gasteiger partial charge in [0.2, 0.25) is 0 Å². The first-order valence-electron chi connectivity index (χ1n) is 4.41. The molecule has 1 atom stereocenters. The van der Waals surface area contributed by atoms with Crippen molar-refractivity contribution in [2.24, 2.45) is 7.05 Å². The second-order valence-corrected chi connectivity index (χ2v) is 3.50. The molecule has 0 amide bonds. The molecule has 0 fully saturated rings. The molecule has 0 saturated heterocycles. The third-order valence-corrected chi connectivity index (χ3v) is 2.68. The zero-order valence-electron chi connectivity index (χ0n) is 7.53. The van der Waals surface area contributed by atoms with E-state index in [4.69, 9.17) is 5.11 Å². The van der Waals surface area contributed by atoms with Crippen LogP contribution in [0.4, 0.5) is 0 Å². The van der Waals surface area contributed by atoms with E-state index < -0.39 is 5.97 Å². The lowest BCUT2D eigenvalue weighted by atomic mass is 10.0. The van der Waals surface area contributed by atoms with Gasteiger partial charge in [0.15, 0.2) is 0 Å². The van der Waals surface area contributed by atoms with E-state index in [2.05, 4.69) is 5.10 Å². The van der Waals surface area contributed by atoms with Gasteiger partial charge in [0.1, 0.15) is 0 Å². The van der Waals surface area contributed by atoms with Crippen LogP contribution in [0, 0.1) is 0 Å². The number of rotatable bonds is 2. The van der Waals surface area contributed by atoms with Crippen molar-refractivity contribution in [3.63, 3.8) is 0 Å². The monoisotopic (exact) mass is 180 g/mol. The Labute approximate surface area is 76.2 Å². The molecule has 1 aromatic heterocycles. The van der Waals surface area contributed by atoms with Gasteiger partial charge in [-0.25, -0.2) is 0 Å². The first-order chi connectivity index (χ1) is 6.18. The largest absolute Gasteiger partial charge is 0.481 e. The van der Waals surface area contributed by atoms with Crippen LogP contribution in [0.3, 0.4) is 0 Å². The maximum absolute atomic E-state index is 10.5. The van der Waals surface area contributed by atoms with Gasteiger partial charge in [-0.1, -0.05) is 0 Å². The predicted molar refractivity (Wildman–Crippen MR) is 46.5 cm³/mol. The molecule has 0 saturated carbocycles. The number of hydrogen-bond donors (Lipinski definition) is 1. The number of aliphatic carboxylic acids is 1. The zero-order chi connectivity index (χ0) is 9.42. The van der Waals surface area contributed by atoms with Crippen LogP contribution in [0.1, 0.15) is 30.0 Å². The number of nitrogens with zero attached hydrogens (tertiary/aromatic N) is 2. The van der Waals surface area contributed by atoms with Crippen LogP contribution in [-0.2, 0) is 18.3 Å². The summed E-state index contributed by atoms with van der Waals surface area (Å²) in [5, 5.41) is 12.8. The molecular formula is C9H12N2O2. The molecule has 2 rings (SSSR count). The molecule has 70 valence electrons. The molecule has 1 aliphatic carbocycles. The number of aryl methyl sites for hydroxylation is 1. The summed E-state index contributed by atoms with van der Waals surface area (Å²) in [6, 6.07) is 0. The van der Waals surface area contributed by atoms with E-state index in [1.165, 1.54) is 5.69 Å². The van der Waals surface area contributed by atoms with Crippen molar-refractivity contribution in [3.05, 3.63) is 17.5 Å². The second-order valence-electron chi connectivity index (χ2n) is 3.50. The van der Waals surface area contributed by atoms with Gasteiger partial charge in [-0.05, 0) is 24.3 Å². The molecule has 1 heterocycles. The van der Waals surface area contributed by atoms with Crippen LogP contribution >= 0.6 is 0 Å². The quantitative estimate of drug-likeness (QED) is 0.736. The Bertz CT molecular complexity index is 343. The fourth-order valence-electron chi connectivity index (χ4n) is 2.02. The molecule has 1 aliphatic rings. The summed E-state index contributed by atoms with van der Waals surface area (Å²) in [4.78, 5) is 10.5. The van der Waals surface area contributed by atoms with Gasteiger partial charge in [-0.2, -0.15) is 5.10 Å². The highest BCUT2D eigenvalue weighted by molar-refractivity contribution is 5.68. The minimum absolute atomic E-state index is 0.182. The molecule has 0 aliphatic heterocycles. The fourth-order valence-corrected chi connectivity index (χ4v) is 2.02. The Balaban J connectivity index is 2.23. The topological polar surface area (TPSA) is 55.1 Å². The van der Waals surface area contributed by atoms with Crippen LogP contribution in [-0.4, -0.2) is 20.9 Å². The highest BCUT2D eigenvalue weighted by Gasteiger charge is 2.27. The number of carboxylic acid groups (broad SMARTS) is 1. The summed E-state index contributed by atoms with van der Waals surface area (Å²) in [7, 11) is 1.90. The smallest absolute Gasteiger partial charge is 0.303 e. The third-order valence-electron chi connectivity index (χ3n) is 2.68. The molecule has 0 bridgehead atoms. The van der Waals surface area contributed by atoms with E-state index in [1.54, 1.807) is 6.20 Å². The van der Waals surface area contributed by atoms with Crippen molar-refractivity contribution in [3.8, 4) is 0 Å². The van der Waals surface area contributed by atoms with Crippen molar-refractivity contribution in [2.45, 2.75) is 25.2 Å². The standard InChI is InChI=1S/C9H12N2O2/c1-11-8-3-2-6(4-9(12)13)7(8)5-10-11/h5-6H,2-4H2,1H3,(H,12,13). The predicted octanol–water partition coefficient (Wildman–Crippen LogP) is 0.925. The van der Waals surface area contributed by atoms with Crippen LogP contribution in [0.2, 0.25) is 0 Å². The van der Waals surface area contributed by atoms with Gasteiger partial charge in [0, 0.05) is 12.7 Å². The van der Waals surface area contributed by atoms with Gasteiger partial charge in [0.25, 0.3) is 0 Å². The average Bonchev–Trinajstić information content (AvgIpc) is 2.56. The molecule has 1 unspecified atom stereocenters. The Morgan fingerprint density at radius 3 is 3.31 bits per heavy atom. The molecule has 0 radical (unpaired) electrons. The molecule has 4 heteroatoms. The van der Waals surface area contributed by atoms with Crippen molar-refractivity contribution < 1.29 is 9.90 Å². The van der Waals surface area contributed by atoms with Gasteiger partial charge in [-0.3, -0.25) is 9.48 Å². The Hall–Kier alpha value is -1.32. The summed E-state index contributed by atoms with van der Waals surface area (Å²) >= 11 is 0. The number of carbonyl (C=O) groups is 1. The summed E-state index contributed by atoms with van der Waals surface area (Å²) in [6.45, 7) is 0. The van der Waals surface area contributed by atoms with Gasteiger partial charge < -0.3 is 5.11 Å². The minimum atomic E-state index is -0.721. The highest BCUT2D eigenvalue weighted by atomic mass is 16.4. The molecule has 13 heavy (non-hydrogen) atoms. The summed E-state index contributed by atoms with van der Waals surface area (Å²) < 4.78 is 1.84. The summed E-state index contributed by atoms with van der Waals surface area (Å²) in [5.74, 6) is -0.539. The van der Waals surface area contributed by atoms with Crippen molar-refractivity contribution in [1.29, 1.82) is 0 Å². The maximum Gasteiger partial charge on any atom is 0.303 e. The van der Waals surface area contributed by atoms with E-state index in [0.717, 1.165) is 18.4 Å². The molecule has 0 aromatic carbocycles. The number of aromatic nitrogens is 2. The van der Waals surface area contributed by atoms with Crippen molar-refractivity contribution in [1.82, 2.24) is 9.78 Å². The lowest BCUT2D eigenvalue weighted by molar-refractivity contribution is -0.137. The third kappa shape index (κ3) is 1.32. The lowest BCUT2D eigenvalue weighted by Crippen LogP contribution is -2.02. The highest BCUT2D eigenvalue weighted by Crippen LogP contribution is 2.34. The maximum atomic E-state index is 10.5. The second kappa shape index (κ2) is 2.87. The lowest BCUT2D eigenvalue weighted by Gasteiger charge is -2.03. The summed E-state index contributed by atoms with van der Waals surface area (Å²) in [5.41, 5.74) is 2.33. The number of fused-ring (bicyclic) bond motifs is 1. The van der Waals surface area contributed by atoms with Crippen LogP contribution in [0.25, 0.3) is 0 Å². The molecule has 1 aromatic rings. The van der Waals surface area contributed by atoms with E-state index in [9.17, 15) is 4.79 Å². The first-order valence-corrected chi connectivity index (χ1v) is 4.41. The SMILES string of the molecule is Cn1ncc2c1CCC2CC(=O)O. The minimum Gasteiger partial charge on any atom is -0.481 e. The Kier molecular flexibility index (Phi) is 1.83. The number of hydrogen-bond acceptors (Lipinski definition) is 2. The summed E-state index contributed by atoms with van der Waals surface area (Å²) in [6.07, 6.45) is 3.95. The first kappa shape index (κ1) is 8.29. The van der Waals surface area contributed by atoms with Gasteiger partial charge in [0.05, 0.1) is 12.6 Å². The van der Waals surface area contributed by atoms with Crippen molar-refractivity contribution >= 4 is 5.97 Å². The molecule has 4 nitrogen and oxygen atoms in total. The van der Waals surface area contributed by atoms with E-state index in [0.29, 0.717) is 0 Å². The van der Waals surface area contributed by atoms with Crippen LogP contribution in [0.15, 0.2) is 6.20 Å². The Morgan fingerprint density at radius 1 is 1.85 bits per heavy atom.